The van der Waals surface area contributed by atoms with E-state index in [4.69, 9.17) is 0 Å². The zero-order valence-corrected chi connectivity index (χ0v) is 34.0. The first-order chi connectivity index (χ1) is 30.7. The molecular formula is C60H40N2. The van der Waals surface area contributed by atoms with Crippen molar-refractivity contribution in [3.63, 3.8) is 0 Å². The first-order valence-electron chi connectivity index (χ1n) is 21.3. The fourth-order valence-electron chi connectivity index (χ4n) is 9.58. The Balaban J connectivity index is 1.02. The van der Waals surface area contributed by atoms with Gasteiger partial charge in [0.1, 0.15) is 0 Å². The van der Waals surface area contributed by atoms with Gasteiger partial charge in [0.25, 0.3) is 0 Å². The molecule has 0 amide bonds. The van der Waals surface area contributed by atoms with Crippen LogP contribution in [0.25, 0.3) is 111 Å². The molecule has 10 aromatic carbocycles. The van der Waals surface area contributed by atoms with Crippen LogP contribution in [0.4, 0.5) is 0 Å². The SMILES string of the molecule is c1ccc(-c2cc(-c3ccccc3)cc(-c3ccc(-c4ccc(-n5c6ccccc6c6ccccc65)cc4)c(-c4ccc(-n5c6ccccc6c6ccccc65)cc4)c3)c2)cc1. The van der Waals surface area contributed by atoms with Crippen LogP contribution in [0.3, 0.4) is 0 Å². The molecule has 0 N–H and O–H groups in total. The number of hydrogen-bond donors (Lipinski definition) is 0. The van der Waals surface area contributed by atoms with Crippen molar-refractivity contribution in [2.75, 3.05) is 0 Å². The number of benzene rings is 10. The number of para-hydroxylation sites is 4. The predicted molar refractivity (Wildman–Crippen MR) is 262 cm³/mol. The highest BCUT2D eigenvalue weighted by atomic mass is 15.0. The van der Waals surface area contributed by atoms with Crippen molar-refractivity contribution >= 4 is 43.6 Å². The first-order valence-corrected chi connectivity index (χ1v) is 21.3. The highest BCUT2D eigenvalue weighted by Crippen LogP contribution is 2.41. The lowest BCUT2D eigenvalue weighted by atomic mass is 9.89. The number of fused-ring (bicyclic) bond motifs is 6. The zero-order valence-electron chi connectivity index (χ0n) is 34.0. The van der Waals surface area contributed by atoms with E-state index in [0.717, 1.165) is 11.4 Å². The van der Waals surface area contributed by atoms with Crippen LogP contribution in [0.2, 0.25) is 0 Å². The Morgan fingerprint density at radius 3 is 0.919 bits per heavy atom. The molecule has 0 unspecified atom stereocenters. The highest BCUT2D eigenvalue weighted by Gasteiger charge is 2.17. The second-order valence-corrected chi connectivity index (χ2v) is 16.1. The minimum atomic E-state index is 1.14. The normalized spacial score (nSPS) is 11.5. The molecule has 2 heterocycles. The van der Waals surface area contributed by atoms with Crippen LogP contribution in [-0.4, -0.2) is 9.13 Å². The summed E-state index contributed by atoms with van der Waals surface area (Å²) in [5.41, 5.74) is 19.0. The maximum atomic E-state index is 2.39. The second kappa shape index (κ2) is 14.8. The van der Waals surface area contributed by atoms with Crippen LogP contribution in [0, 0.1) is 0 Å². The van der Waals surface area contributed by atoms with Crippen LogP contribution in [0.1, 0.15) is 0 Å². The van der Waals surface area contributed by atoms with Crippen molar-refractivity contribution in [2.45, 2.75) is 0 Å². The van der Waals surface area contributed by atoms with Gasteiger partial charge in [-0.1, -0.05) is 170 Å². The van der Waals surface area contributed by atoms with Gasteiger partial charge in [0.2, 0.25) is 0 Å². The molecule has 62 heavy (non-hydrogen) atoms. The van der Waals surface area contributed by atoms with E-state index in [0.29, 0.717) is 0 Å². The molecule has 2 heteroatoms. The molecule has 0 aliphatic heterocycles. The maximum Gasteiger partial charge on any atom is 0.0541 e. The molecule has 0 aliphatic rings. The molecule has 0 bridgehead atoms. The molecule has 0 saturated carbocycles. The van der Waals surface area contributed by atoms with Gasteiger partial charge in [0, 0.05) is 32.9 Å². The Hall–Kier alpha value is -8.20. The predicted octanol–water partition coefficient (Wildman–Crippen LogP) is 16.2. The van der Waals surface area contributed by atoms with Crippen LogP contribution >= 0.6 is 0 Å². The summed E-state index contributed by atoms with van der Waals surface area (Å²) in [6.45, 7) is 0. The Labute approximate surface area is 360 Å². The lowest BCUT2D eigenvalue weighted by molar-refractivity contribution is 1.18. The average molecular weight is 789 g/mol. The summed E-state index contributed by atoms with van der Waals surface area (Å²) in [6, 6.07) is 88.5. The fraction of sp³-hybridized carbons (Fsp3) is 0. The maximum absolute atomic E-state index is 2.39. The van der Waals surface area contributed by atoms with Gasteiger partial charge in [-0.25, -0.2) is 0 Å². The summed E-state index contributed by atoms with van der Waals surface area (Å²) in [7, 11) is 0. The minimum Gasteiger partial charge on any atom is -0.309 e. The van der Waals surface area contributed by atoms with Gasteiger partial charge in [-0.2, -0.15) is 0 Å². The number of nitrogens with zero attached hydrogens (tertiary/aromatic N) is 2. The topological polar surface area (TPSA) is 9.86 Å². The lowest BCUT2D eigenvalue weighted by Crippen LogP contribution is -1.95. The first kappa shape index (κ1) is 35.7. The molecule has 12 aromatic rings. The second-order valence-electron chi connectivity index (χ2n) is 16.1. The molecule has 0 radical (unpaired) electrons. The van der Waals surface area contributed by atoms with Crippen molar-refractivity contribution < 1.29 is 0 Å². The Kier molecular flexibility index (Phi) is 8.53. The van der Waals surface area contributed by atoms with E-state index in [1.54, 1.807) is 0 Å². The van der Waals surface area contributed by atoms with Crippen LogP contribution in [0.15, 0.2) is 243 Å². The quantitative estimate of drug-likeness (QED) is 0.152. The Bertz CT molecular complexity index is 3430. The molecule has 0 spiro atoms. The third-order valence-electron chi connectivity index (χ3n) is 12.5. The Morgan fingerprint density at radius 2 is 0.516 bits per heavy atom. The van der Waals surface area contributed by atoms with Crippen molar-refractivity contribution in [1.29, 1.82) is 0 Å². The van der Waals surface area contributed by atoms with Gasteiger partial charge in [-0.15, -0.1) is 0 Å². The summed E-state index contributed by atoms with van der Waals surface area (Å²) in [5, 5.41) is 5.06. The summed E-state index contributed by atoms with van der Waals surface area (Å²) in [4.78, 5) is 0. The lowest BCUT2D eigenvalue weighted by Gasteiger charge is -2.17. The molecular weight excluding hydrogens is 749 g/mol. The van der Waals surface area contributed by atoms with E-state index in [-0.39, 0.29) is 0 Å². The molecule has 0 fully saturated rings. The van der Waals surface area contributed by atoms with E-state index in [1.165, 1.54) is 99.2 Å². The summed E-state index contributed by atoms with van der Waals surface area (Å²) < 4.78 is 4.77. The van der Waals surface area contributed by atoms with Gasteiger partial charge in [-0.3, -0.25) is 0 Å². The van der Waals surface area contributed by atoms with Gasteiger partial charge < -0.3 is 9.13 Å². The summed E-state index contributed by atoms with van der Waals surface area (Å²) >= 11 is 0. The zero-order chi connectivity index (χ0) is 41.0. The summed E-state index contributed by atoms with van der Waals surface area (Å²) in [5.74, 6) is 0. The largest absolute Gasteiger partial charge is 0.309 e. The highest BCUT2D eigenvalue weighted by molar-refractivity contribution is 6.10. The Morgan fingerprint density at radius 1 is 0.194 bits per heavy atom. The van der Waals surface area contributed by atoms with Crippen molar-refractivity contribution in [3.8, 4) is 67.0 Å². The molecule has 12 rings (SSSR count). The van der Waals surface area contributed by atoms with E-state index in [1.807, 2.05) is 0 Å². The van der Waals surface area contributed by atoms with Crippen LogP contribution < -0.4 is 0 Å². The number of aromatic nitrogens is 2. The van der Waals surface area contributed by atoms with Crippen LogP contribution in [0.5, 0.6) is 0 Å². The number of rotatable bonds is 7. The van der Waals surface area contributed by atoms with E-state index in [9.17, 15) is 0 Å². The molecule has 2 aromatic heterocycles. The molecule has 0 atom stereocenters. The van der Waals surface area contributed by atoms with Gasteiger partial charge in [0.15, 0.2) is 0 Å². The van der Waals surface area contributed by atoms with Gasteiger partial charge in [0.05, 0.1) is 22.1 Å². The monoisotopic (exact) mass is 788 g/mol. The van der Waals surface area contributed by atoms with Gasteiger partial charge >= 0.3 is 0 Å². The van der Waals surface area contributed by atoms with E-state index in [2.05, 4.69) is 252 Å². The summed E-state index contributed by atoms with van der Waals surface area (Å²) in [6.07, 6.45) is 0. The third-order valence-corrected chi connectivity index (χ3v) is 12.5. The fourth-order valence-corrected chi connectivity index (χ4v) is 9.58. The van der Waals surface area contributed by atoms with E-state index < -0.39 is 0 Å². The minimum absolute atomic E-state index is 1.14. The standard InChI is InChI=1S/C60H40N2/c1-3-15-41(16-4-1)46-37-47(42-17-5-2-6-18-42)39-48(38-46)45-31-36-51(43-27-32-49(33-28-43)61-57-23-11-7-19-52(57)53-20-8-12-24-58(53)61)56(40-45)44-29-34-50(35-30-44)62-59-25-13-9-21-54(59)55-22-10-14-26-60(55)62/h1-40H. The molecule has 290 valence electrons. The average Bonchev–Trinajstić information content (AvgIpc) is 3.87. The molecule has 0 aliphatic carbocycles. The molecule has 0 saturated heterocycles. The molecule has 2 nitrogen and oxygen atoms in total. The van der Waals surface area contributed by atoms with Crippen molar-refractivity contribution in [1.82, 2.24) is 9.13 Å². The van der Waals surface area contributed by atoms with Gasteiger partial charge in [-0.05, 0) is 128 Å². The van der Waals surface area contributed by atoms with Crippen molar-refractivity contribution in [2.24, 2.45) is 0 Å². The third kappa shape index (κ3) is 6.04. The smallest absolute Gasteiger partial charge is 0.0541 e. The number of hydrogen-bond acceptors (Lipinski definition) is 0. The van der Waals surface area contributed by atoms with E-state index >= 15 is 0 Å². The van der Waals surface area contributed by atoms with Crippen molar-refractivity contribution in [3.05, 3.63) is 243 Å². The van der Waals surface area contributed by atoms with Crippen LogP contribution in [-0.2, 0) is 0 Å².